The standard InChI is InChI=1S/C27H33N3O4/c1-4-34-27(33)20-8-7-15-29(17-20)25(31)19-11-13-21(14-12-19)28-24-22-9-5-6-10-23(22)26(32)30(24)16-18(2)3/h5-6,9-14,18,20,24,28H,4,7-8,15-17H2,1-3H3. The van der Waals surface area contributed by atoms with Gasteiger partial charge in [-0.2, -0.15) is 0 Å². The number of carbonyl (C=O) groups is 3. The van der Waals surface area contributed by atoms with Crippen LogP contribution in [0.3, 0.4) is 0 Å². The number of hydrogen-bond donors (Lipinski definition) is 1. The fourth-order valence-corrected chi connectivity index (χ4v) is 4.77. The van der Waals surface area contributed by atoms with Gasteiger partial charge in [-0.05, 0) is 56.0 Å². The van der Waals surface area contributed by atoms with E-state index in [0.717, 1.165) is 29.7 Å². The topological polar surface area (TPSA) is 79.0 Å². The van der Waals surface area contributed by atoms with Crippen LogP contribution in [0.1, 0.15) is 66.1 Å². The van der Waals surface area contributed by atoms with Crippen molar-refractivity contribution in [1.29, 1.82) is 0 Å². The summed E-state index contributed by atoms with van der Waals surface area (Å²) < 4.78 is 5.15. The van der Waals surface area contributed by atoms with Gasteiger partial charge in [-0.3, -0.25) is 14.4 Å². The monoisotopic (exact) mass is 463 g/mol. The first-order valence-electron chi connectivity index (χ1n) is 12.1. The second-order valence-corrected chi connectivity index (χ2v) is 9.41. The normalized spacial score (nSPS) is 19.8. The van der Waals surface area contributed by atoms with Gasteiger partial charge in [0.1, 0.15) is 6.17 Å². The van der Waals surface area contributed by atoms with E-state index in [4.69, 9.17) is 4.74 Å². The van der Waals surface area contributed by atoms with E-state index < -0.39 is 0 Å². The molecule has 34 heavy (non-hydrogen) atoms. The number of anilines is 1. The summed E-state index contributed by atoms with van der Waals surface area (Å²) in [5.41, 5.74) is 3.11. The number of nitrogens with one attached hydrogen (secondary N) is 1. The molecule has 0 bridgehead atoms. The van der Waals surface area contributed by atoms with Crippen LogP contribution in [0.2, 0.25) is 0 Å². The summed E-state index contributed by atoms with van der Waals surface area (Å²) in [5, 5.41) is 3.48. The number of benzene rings is 2. The number of carbonyl (C=O) groups excluding carboxylic acids is 3. The maximum Gasteiger partial charge on any atom is 0.310 e. The predicted octanol–water partition coefficient (Wildman–Crippen LogP) is 4.32. The third kappa shape index (κ3) is 4.93. The van der Waals surface area contributed by atoms with Crippen LogP contribution in [-0.4, -0.2) is 53.8 Å². The van der Waals surface area contributed by atoms with Crippen LogP contribution in [0, 0.1) is 11.8 Å². The van der Waals surface area contributed by atoms with Crippen LogP contribution in [0.15, 0.2) is 48.5 Å². The van der Waals surface area contributed by atoms with E-state index in [1.54, 1.807) is 24.0 Å². The molecule has 1 N–H and O–H groups in total. The van der Waals surface area contributed by atoms with E-state index in [0.29, 0.717) is 37.7 Å². The lowest BCUT2D eigenvalue weighted by atomic mass is 9.97. The van der Waals surface area contributed by atoms with Gasteiger partial charge < -0.3 is 19.9 Å². The third-order valence-corrected chi connectivity index (χ3v) is 6.38. The summed E-state index contributed by atoms with van der Waals surface area (Å²) in [6.45, 7) is 8.02. The average molecular weight is 464 g/mol. The van der Waals surface area contributed by atoms with Gasteiger partial charge in [-0.1, -0.05) is 32.0 Å². The number of ether oxygens (including phenoxy) is 1. The first-order chi connectivity index (χ1) is 16.4. The fraction of sp³-hybridized carbons (Fsp3) is 0.444. The maximum atomic E-state index is 13.1. The number of likely N-dealkylation sites (tertiary alicyclic amines) is 1. The highest BCUT2D eigenvalue weighted by molar-refractivity contribution is 5.99. The lowest BCUT2D eigenvalue weighted by Gasteiger charge is -2.31. The number of piperidine rings is 1. The lowest BCUT2D eigenvalue weighted by molar-refractivity contribution is -0.149. The van der Waals surface area contributed by atoms with Crippen molar-refractivity contribution in [3.8, 4) is 0 Å². The first-order valence-corrected chi connectivity index (χ1v) is 12.1. The Morgan fingerprint density at radius 3 is 2.56 bits per heavy atom. The Morgan fingerprint density at radius 1 is 1.12 bits per heavy atom. The number of fused-ring (bicyclic) bond motifs is 1. The van der Waals surface area contributed by atoms with Gasteiger partial charge in [-0.25, -0.2) is 0 Å². The van der Waals surface area contributed by atoms with Crippen LogP contribution in [0.25, 0.3) is 0 Å². The quantitative estimate of drug-likeness (QED) is 0.619. The van der Waals surface area contributed by atoms with Crippen molar-refractivity contribution in [3.05, 3.63) is 65.2 Å². The highest BCUT2D eigenvalue weighted by Crippen LogP contribution is 2.35. The fourth-order valence-electron chi connectivity index (χ4n) is 4.77. The minimum Gasteiger partial charge on any atom is -0.466 e. The molecule has 180 valence electrons. The average Bonchev–Trinajstić information content (AvgIpc) is 3.10. The second-order valence-electron chi connectivity index (χ2n) is 9.41. The van der Waals surface area contributed by atoms with Crippen LogP contribution < -0.4 is 5.32 Å². The van der Waals surface area contributed by atoms with Crippen molar-refractivity contribution in [2.24, 2.45) is 11.8 Å². The molecule has 0 aromatic heterocycles. The van der Waals surface area contributed by atoms with Crippen molar-refractivity contribution in [1.82, 2.24) is 9.80 Å². The van der Waals surface area contributed by atoms with E-state index >= 15 is 0 Å². The summed E-state index contributed by atoms with van der Waals surface area (Å²) in [5.74, 6) is -0.189. The largest absolute Gasteiger partial charge is 0.466 e. The number of nitrogens with zero attached hydrogens (tertiary/aromatic N) is 2. The lowest BCUT2D eigenvalue weighted by Crippen LogP contribution is -2.42. The summed E-state index contributed by atoms with van der Waals surface area (Å²) in [6, 6.07) is 15.0. The minimum atomic E-state index is -0.259. The van der Waals surface area contributed by atoms with E-state index in [1.165, 1.54) is 0 Å². The molecule has 0 radical (unpaired) electrons. The van der Waals surface area contributed by atoms with Crippen molar-refractivity contribution in [2.45, 2.75) is 39.8 Å². The molecule has 2 aliphatic rings. The first kappa shape index (κ1) is 23.8. The zero-order chi connectivity index (χ0) is 24.2. The van der Waals surface area contributed by atoms with Crippen molar-refractivity contribution in [3.63, 3.8) is 0 Å². The van der Waals surface area contributed by atoms with Crippen LogP contribution in [0.4, 0.5) is 5.69 Å². The Morgan fingerprint density at radius 2 is 1.85 bits per heavy atom. The second kappa shape index (κ2) is 10.3. The number of hydrogen-bond acceptors (Lipinski definition) is 5. The van der Waals surface area contributed by atoms with Gasteiger partial charge >= 0.3 is 5.97 Å². The van der Waals surface area contributed by atoms with Gasteiger partial charge in [0.15, 0.2) is 0 Å². The van der Waals surface area contributed by atoms with E-state index in [1.807, 2.05) is 41.3 Å². The SMILES string of the molecule is CCOC(=O)C1CCCN(C(=O)c2ccc(NC3c4ccccc4C(=O)N3CC(C)C)cc2)C1. The molecule has 2 aromatic carbocycles. The zero-order valence-corrected chi connectivity index (χ0v) is 20.1. The molecule has 4 rings (SSSR count). The van der Waals surface area contributed by atoms with E-state index in [9.17, 15) is 14.4 Å². The summed E-state index contributed by atoms with van der Waals surface area (Å²) >= 11 is 0. The molecule has 7 heteroatoms. The molecule has 2 heterocycles. The maximum absolute atomic E-state index is 13.1. The molecule has 2 atom stereocenters. The number of rotatable bonds is 7. The molecule has 2 aromatic rings. The van der Waals surface area contributed by atoms with Crippen LogP contribution in [-0.2, 0) is 9.53 Å². The molecule has 2 unspecified atom stereocenters. The molecule has 7 nitrogen and oxygen atoms in total. The highest BCUT2D eigenvalue weighted by atomic mass is 16.5. The molecule has 2 aliphatic heterocycles. The van der Waals surface area contributed by atoms with Gasteiger partial charge in [-0.15, -0.1) is 0 Å². The van der Waals surface area contributed by atoms with Crippen molar-refractivity contribution >= 4 is 23.5 Å². The summed E-state index contributed by atoms with van der Waals surface area (Å²) in [4.78, 5) is 41.8. The van der Waals surface area contributed by atoms with Crippen LogP contribution in [0.5, 0.6) is 0 Å². The third-order valence-electron chi connectivity index (χ3n) is 6.38. The summed E-state index contributed by atoms with van der Waals surface area (Å²) in [6.07, 6.45) is 1.29. The van der Waals surface area contributed by atoms with Gasteiger partial charge in [0.2, 0.25) is 0 Å². The number of esters is 1. The zero-order valence-electron chi connectivity index (χ0n) is 20.1. The van der Waals surface area contributed by atoms with Crippen LogP contribution >= 0.6 is 0 Å². The van der Waals surface area contributed by atoms with Gasteiger partial charge in [0, 0.05) is 42.0 Å². The Bertz CT molecular complexity index is 1050. The van der Waals surface area contributed by atoms with Crippen molar-refractivity contribution < 1.29 is 19.1 Å². The minimum absolute atomic E-state index is 0.0369. The molecule has 1 fully saturated rings. The molecule has 0 saturated carbocycles. The molecular weight excluding hydrogens is 430 g/mol. The Balaban J connectivity index is 1.46. The Labute approximate surface area is 201 Å². The summed E-state index contributed by atoms with van der Waals surface area (Å²) in [7, 11) is 0. The van der Waals surface area contributed by atoms with E-state index in [2.05, 4.69) is 19.2 Å². The Hall–Kier alpha value is -3.35. The van der Waals surface area contributed by atoms with Gasteiger partial charge in [0.25, 0.3) is 11.8 Å². The molecule has 1 saturated heterocycles. The number of amides is 2. The predicted molar refractivity (Wildman–Crippen MR) is 130 cm³/mol. The Kier molecular flexibility index (Phi) is 7.20. The van der Waals surface area contributed by atoms with Gasteiger partial charge in [0.05, 0.1) is 12.5 Å². The smallest absolute Gasteiger partial charge is 0.310 e. The van der Waals surface area contributed by atoms with E-state index in [-0.39, 0.29) is 29.9 Å². The van der Waals surface area contributed by atoms with Crippen molar-refractivity contribution in [2.75, 3.05) is 31.6 Å². The molecule has 0 aliphatic carbocycles. The molecule has 2 amide bonds. The molecular formula is C27H33N3O4. The molecule has 0 spiro atoms. The highest BCUT2D eigenvalue weighted by Gasteiger charge is 2.36.